The van der Waals surface area contributed by atoms with E-state index in [1.54, 1.807) is 0 Å². The van der Waals surface area contributed by atoms with E-state index in [0.29, 0.717) is 12.5 Å². The summed E-state index contributed by atoms with van der Waals surface area (Å²) >= 11 is 0. The molecule has 0 amide bonds. The van der Waals surface area contributed by atoms with Crippen molar-refractivity contribution in [1.82, 2.24) is 20.4 Å². The van der Waals surface area contributed by atoms with Crippen LogP contribution in [0.25, 0.3) is 0 Å². The molecule has 1 aliphatic rings. The molecule has 178 valence electrons. The second kappa shape index (κ2) is 14.9. The Morgan fingerprint density at radius 1 is 1.13 bits per heavy atom. The number of hydrogen-bond acceptors (Lipinski definition) is 4. The SMILES string of the molecule is CN=C(NCCN1CCCN(C)CC1)NCc1ccc(C)cc1OC(C)CC(C)C.I. The first-order valence-electron chi connectivity index (χ1n) is 11.5. The first-order valence-corrected chi connectivity index (χ1v) is 11.5. The molecule has 1 saturated heterocycles. The van der Waals surface area contributed by atoms with Gasteiger partial charge in [-0.1, -0.05) is 26.0 Å². The molecule has 1 atom stereocenters. The fourth-order valence-electron chi connectivity index (χ4n) is 3.90. The summed E-state index contributed by atoms with van der Waals surface area (Å²) in [6.45, 7) is 16.0. The molecule has 31 heavy (non-hydrogen) atoms. The predicted octanol–water partition coefficient (Wildman–Crippen LogP) is 3.73. The van der Waals surface area contributed by atoms with Crippen molar-refractivity contribution >= 4 is 29.9 Å². The summed E-state index contributed by atoms with van der Waals surface area (Å²) in [5.74, 6) is 2.43. The summed E-state index contributed by atoms with van der Waals surface area (Å²) in [6, 6.07) is 6.44. The molecule has 0 saturated carbocycles. The van der Waals surface area contributed by atoms with Crippen molar-refractivity contribution in [2.24, 2.45) is 10.9 Å². The van der Waals surface area contributed by atoms with E-state index in [2.05, 4.69) is 78.4 Å². The van der Waals surface area contributed by atoms with Gasteiger partial charge in [0, 0.05) is 45.3 Å². The van der Waals surface area contributed by atoms with Crippen LogP contribution in [0.1, 0.15) is 44.7 Å². The van der Waals surface area contributed by atoms with Crippen molar-refractivity contribution < 1.29 is 4.74 Å². The highest BCUT2D eigenvalue weighted by molar-refractivity contribution is 14.0. The van der Waals surface area contributed by atoms with Crippen molar-refractivity contribution in [3.8, 4) is 5.75 Å². The third kappa shape index (κ3) is 10.9. The van der Waals surface area contributed by atoms with Crippen LogP contribution >= 0.6 is 24.0 Å². The van der Waals surface area contributed by atoms with Gasteiger partial charge in [-0.2, -0.15) is 0 Å². The van der Waals surface area contributed by atoms with E-state index < -0.39 is 0 Å². The molecule has 0 aromatic heterocycles. The minimum absolute atomic E-state index is 0. The second-order valence-electron chi connectivity index (χ2n) is 9.02. The molecule has 1 unspecified atom stereocenters. The number of benzene rings is 1. The zero-order chi connectivity index (χ0) is 21.9. The Kier molecular flexibility index (Phi) is 13.4. The lowest BCUT2D eigenvalue weighted by molar-refractivity contribution is 0.191. The second-order valence-corrected chi connectivity index (χ2v) is 9.02. The van der Waals surface area contributed by atoms with E-state index in [1.165, 1.54) is 25.1 Å². The molecule has 6 nitrogen and oxygen atoms in total. The lowest BCUT2D eigenvalue weighted by Gasteiger charge is -2.22. The molecular weight excluding hydrogens is 501 g/mol. The van der Waals surface area contributed by atoms with Crippen molar-refractivity contribution in [3.05, 3.63) is 29.3 Å². The number of halogens is 1. The average Bonchev–Trinajstić information content (AvgIpc) is 2.89. The van der Waals surface area contributed by atoms with Crippen LogP contribution in [-0.4, -0.2) is 75.2 Å². The smallest absolute Gasteiger partial charge is 0.191 e. The molecule has 1 fully saturated rings. The zero-order valence-corrected chi connectivity index (χ0v) is 22.7. The predicted molar refractivity (Wildman–Crippen MR) is 143 cm³/mol. The Labute approximate surface area is 207 Å². The molecule has 0 bridgehead atoms. The normalized spacial score (nSPS) is 17.1. The topological polar surface area (TPSA) is 52.1 Å². The monoisotopic (exact) mass is 545 g/mol. The molecule has 2 N–H and O–H groups in total. The van der Waals surface area contributed by atoms with Gasteiger partial charge in [-0.3, -0.25) is 4.99 Å². The largest absolute Gasteiger partial charge is 0.490 e. The average molecular weight is 546 g/mol. The maximum atomic E-state index is 6.27. The third-order valence-electron chi connectivity index (χ3n) is 5.56. The van der Waals surface area contributed by atoms with Gasteiger partial charge in [0.2, 0.25) is 0 Å². The van der Waals surface area contributed by atoms with Crippen LogP contribution in [0.2, 0.25) is 0 Å². The van der Waals surface area contributed by atoms with E-state index in [9.17, 15) is 0 Å². The minimum atomic E-state index is 0. The molecule has 2 rings (SSSR count). The summed E-state index contributed by atoms with van der Waals surface area (Å²) in [5.41, 5.74) is 2.38. The highest BCUT2D eigenvalue weighted by Gasteiger charge is 2.13. The van der Waals surface area contributed by atoms with Gasteiger partial charge in [0.05, 0.1) is 6.10 Å². The Morgan fingerprint density at radius 3 is 2.61 bits per heavy atom. The highest BCUT2D eigenvalue weighted by atomic mass is 127. The number of nitrogens with one attached hydrogen (secondary N) is 2. The Morgan fingerprint density at radius 2 is 1.90 bits per heavy atom. The van der Waals surface area contributed by atoms with Gasteiger partial charge in [0.15, 0.2) is 5.96 Å². The Balaban J connectivity index is 0.00000480. The van der Waals surface area contributed by atoms with E-state index in [4.69, 9.17) is 4.74 Å². The number of aliphatic imine (C=N–C) groups is 1. The van der Waals surface area contributed by atoms with Gasteiger partial charge < -0.3 is 25.2 Å². The van der Waals surface area contributed by atoms with Crippen LogP contribution in [0.3, 0.4) is 0 Å². The number of ether oxygens (including phenoxy) is 1. The summed E-state index contributed by atoms with van der Waals surface area (Å²) < 4.78 is 6.27. The number of likely N-dealkylation sites (N-methyl/N-ethyl adjacent to an activating group) is 1. The fraction of sp³-hybridized carbons (Fsp3) is 0.708. The number of rotatable bonds is 9. The molecule has 1 heterocycles. The van der Waals surface area contributed by atoms with Crippen LogP contribution in [0.4, 0.5) is 0 Å². The summed E-state index contributed by atoms with van der Waals surface area (Å²) in [4.78, 5) is 9.34. The van der Waals surface area contributed by atoms with E-state index >= 15 is 0 Å². The van der Waals surface area contributed by atoms with Crippen molar-refractivity contribution in [3.63, 3.8) is 0 Å². The molecule has 1 aromatic rings. The van der Waals surface area contributed by atoms with Gasteiger partial charge >= 0.3 is 0 Å². The molecule has 0 spiro atoms. The van der Waals surface area contributed by atoms with Crippen LogP contribution in [0.15, 0.2) is 23.2 Å². The third-order valence-corrected chi connectivity index (χ3v) is 5.56. The molecule has 1 aromatic carbocycles. The van der Waals surface area contributed by atoms with Crippen LogP contribution in [0.5, 0.6) is 5.75 Å². The number of hydrogen-bond donors (Lipinski definition) is 2. The Hall–Kier alpha value is -1.06. The number of guanidine groups is 1. The van der Waals surface area contributed by atoms with Gasteiger partial charge in [0.1, 0.15) is 5.75 Å². The number of nitrogens with zero attached hydrogens (tertiary/aromatic N) is 3. The minimum Gasteiger partial charge on any atom is -0.490 e. The molecule has 0 aliphatic carbocycles. The van der Waals surface area contributed by atoms with Crippen molar-refractivity contribution in [2.75, 3.05) is 53.4 Å². The van der Waals surface area contributed by atoms with E-state index in [-0.39, 0.29) is 30.1 Å². The maximum absolute atomic E-state index is 6.27. The summed E-state index contributed by atoms with van der Waals surface area (Å²) in [6.07, 6.45) is 2.50. The Bertz CT molecular complexity index is 667. The molecule has 0 radical (unpaired) electrons. The van der Waals surface area contributed by atoms with Gasteiger partial charge in [-0.15, -0.1) is 24.0 Å². The van der Waals surface area contributed by atoms with Crippen LogP contribution in [0, 0.1) is 12.8 Å². The summed E-state index contributed by atoms with van der Waals surface area (Å²) in [7, 11) is 4.04. The quantitative estimate of drug-likeness (QED) is 0.282. The fourth-order valence-corrected chi connectivity index (χ4v) is 3.90. The van der Waals surface area contributed by atoms with Gasteiger partial charge in [-0.05, 0) is 64.4 Å². The zero-order valence-electron chi connectivity index (χ0n) is 20.4. The first kappa shape index (κ1) is 28.0. The first-order chi connectivity index (χ1) is 14.4. The lowest BCUT2D eigenvalue weighted by atomic mass is 10.1. The maximum Gasteiger partial charge on any atom is 0.191 e. The highest BCUT2D eigenvalue weighted by Crippen LogP contribution is 2.23. The van der Waals surface area contributed by atoms with Crippen LogP contribution in [-0.2, 0) is 6.54 Å². The van der Waals surface area contributed by atoms with Crippen molar-refractivity contribution in [1.29, 1.82) is 0 Å². The van der Waals surface area contributed by atoms with Crippen molar-refractivity contribution in [2.45, 2.75) is 53.2 Å². The van der Waals surface area contributed by atoms with E-state index in [1.807, 2.05) is 7.05 Å². The lowest BCUT2D eigenvalue weighted by Crippen LogP contribution is -2.42. The van der Waals surface area contributed by atoms with Gasteiger partial charge in [0.25, 0.3) is 0 Å². The van der Waals surface area contributed by atoms with Gasteiger partial charge in [-0.25, -0.2) is 0 Å². The molecule has 7 heteroatoms. The van der Waals surface area contributed by atoms with Crippen LogP contribution < -0.4 is 15.4 Å². The summed E-state index contributed by atoms with van der Waals surface area (Å²) in [5, 5.41) is 6.91. The molecular formula is C24H44IN5O. The van der Waals surface area contributed by atoms with E-state index in [0.717, 1.165) is 49.9 Å². The standard InChI is InChI=1S/C24H43N5O.HI/c1-19(2)16-21(4)30-23-17-20(3)8-9-22(23)18-27-24(25-5)26-10-13-29-12-7-11-28(6)14-15-29;/h8-9,17,19,21H,7,10-16,18H2,1-6H3,(H2,25,26,27);1H. The number of aryl methyl sites for hydroxylation is 1. The molecule has 1 aliphatic heterocycles.